The van der Waals surface area contributed by atoms with E-state index in [-0.39, 0.29) is 17.5 Å². The molecule has 160 valence electrons. The number of likely N-dealkylation sites (N-methyl/N-ethyl adjacent to an activating group) is 1. The van der Waals surface area contributed by atoms with Crippen molar-refractivity contribution in [2.24, 2.45) is 0 Å². The molecule has 30 heavy (non-hydrogen) atoms. The molecule has 0 aliphatic heterocycles. The predicted molar refractivity (Wildman–Crippen MR) is 127 cm³/mol. The van der Waals surface area contributed by atoms with Gasteiger partial charge in [-0.25, -0.2) is 4.98 Å². The number of carbonyl (C=O) groups excluding carboxylic acids is 1. The first-order valence-electron chi connectivity index (χ1n) is 10.1. The first kappa shape index (κ1) is 21.5. The highest BCUT2D eigenvalue weighted by atomic mass is 32.2. The van der Waals surface area contributed by atoms with Gasteiger partial charge < -0.3 is 15.2 Å². The molecular formula is C21H26N4O2S3. The Bertz CT molecular complexity index is 1070. The third-order valence-electron chi connectivity index (χ3n) is 5.32. The van der Waals surface area contributed by atoms with Crippen LogP contribution in [-0.2, 0) is 23.4 Å². The molecule has 9 heteroatoms. The molecule has 6 nitrogen and oxygen atoms in total. The minimum absolute atomic E-state index is 0.0175. The molecule has 0 fully saturated rings. The molecule has 2 N–H and O–H groups in total. The largest absolute Gasteiger partial charge is 0.354 e. The number of aromatic amines is 1. The Morgan fingerprint density at radius 2 is 2.27 bits per heavy atom. The Balaban J connectivity index is 1.25. The minimum Gasteiger partial charge on any atom is -0.354 e. The van der Waals surface area contributed by atoms with E-state index in [0.717, 1.165) is 29.5 Å². The van der Waals surface area contributed by atoms with Crippen molar-refractivity contribution in [3.8, 4) is 0 Å². The number of thiophene rings is 2. The maximum Gasteiger partial charge on any atom is 0.259 e. The van der Waals surface area contributed by atoms with Gasteiger partial charge in [-0.1, -0.05) is 6.07 Å². The lowest BCUT2D eigenvalue weighted by atomic mass is 10.2. The predicted octanol–water partition coefficient (Wildman–Crippen LogP) is 3.58. The van der Waals surface area contributed by atoms with E-state index >= 15 is 0 Å². The number of H-pyrrole nitrogens is 1. The van der Waals surface area contributed by atoms with Crippen LogP contribution in [0.3, 0.4) is 0 Å². The van der Waals surface area contributed by atoms with Gasteiger partial charge in [0.15, 0.2) is 0 Å². The summed E-state index contributed by atoms with van der Waals surface area (Å²) >= 11 is 4.99. The minimum atomic E-state index is -0.0175. The van der Waals surface area contributed by atoms with E-state index in [9.17, 15) is 9.59 Å². The third-order valence-corrected chi connectivity index (χ3v) is 8.45. The monoisotopic (exact) mass is 462 g/mol. The van der Waals surface area contributed by atoms with Crippen LogP contribution in [0.5, 0.6) is 0 Å². The highest BCUT2D eigenvalue weighted by molar-refractivity contribution is 7.98. The van der Waals surface area contributed by atoms with E-state index in [2.05, 4.69) is 31.6 Å². The van der Waals surface area contributed by atoms with Crippen LogP contribution < -0.4 is 10.9 Å². The molecule has 0 radical (unpaired) electrons. The fourth-order valence-corrected chi connectivity index (χ4v) is 6.77. The van der Waals surface area contributed by atoms with Gasteiger partial charge in [0.1, 0.15) is 10.7 Å². The number of aryl methyl sites for hydroxylation is 2. The lowest BCUT2D eigenvalue weighted by molar-refractivity contribution is -0.120. The molecular weight excluding hydrogens is 436 g/mol. The number of rotatable bonds is 9. The van der Waals surface area contributed by atoms with Crippen LogP contribution in [0.1, 0.15) is 40.0 Å². The summed E-state index contributed by atoms with van der Waals surface area (Å²) < 4.78 is 0. The van der Waals surface area contributed by atoms with Crippen molar-refractivity contribution in [2.45, 2.75) is 37.5 Å². The number of hydrogen-bond acceptors (Lipinski definition) is 7. The molecule has 1 aliphatic rings. The normalized spacial score (nSPS) is 14.4. The van der Waals surface area contributed by atoms with E-state index in [1.54, 1.807) is 34.4 Å². The fourth-order valence-electron chi connectivity index (χ4n) is 3.77. The van der Waals surface area contributed by atoms with Gasteiger partial charge >= 0.3 is 0 Å². The number of amides is 1. The Morgan fingerprint density at radius 1 is 1.40 bits per heavy atom. The van der Waals surface area contributed by atoms with Gasteiger partial charge in [-0.05, 0) is 50.4 Å². The molecule has 1 atom stereocenters. The molecule has 4 rings (SSSR count). The molecule has 1 aliphatic carbocycles. The smallest absolute Gasteiger partial charge is 0.259 e. The van der Waals surface area contributed by atoms with E-state index < -0.39 is 0 Å². The van der Waals surface area contributed by atoms with E-state index in [4.69, 9.17) is 0 Å². The first-order chi connectivity index (χ1) is 14.5. The summed E-state index contributed by atoms with van der Waals surface area (Å²) in [7, 11) is 4.05. The van der Waals surface area contributed by atoms with Crippen LogP contribution in [0.15, 0.2) is 22.3 Å². The number of aromatic nitrogens is 2. The van der Waals surface area contributed by atoms with Crippen LogP contribution in [0, 0.1) is 0 Å². The van der Waals surface area contributed by atoms with E-state index in [1.165, 1.54) is 15.3 Å². The molecule has 0 spiro atoms. The zero-order valence-corrected chi connectivity index (χ0v) is 19.6. The average Bonchev–Trinajstić information content (AvgIpc) is 3.42. The van der Waals surface area contributed by atoms with Crippen LogP contribution in [0.25, 0.3) is 10.2 Å². The first-order valence-corrected chi connectivity index (χ1v) is 13.0. The van der Waals surface area contributed by atoms with Crippen molar-refractivity contribution in [1.29, 1.82) is 0 Å². The SMILES string of the molecule is CN(C)C(CNC(=O)CCSCc1nc2sc3c(c2c(=O)[nH]1)CCC3)c1cccs1. The topological polar surface area (TPSA) is 78.1 Å². The molecule has 1 unspecified atom stereocenters. The summed E-state index contributed by atoms with van der Waals surface area (Å²) in [5, 5.41) is 5.90. The van der Waals surface area contributed by atoms with Crippen LogP contribution >= 0.6 is 34.4 Å². The standard InChI is InChI=1S/C21H26N4O2S3/c1-25(2)14(16-7-4-9-29-16)11-22-18(26)8-10-28-12-17-23-20(27)19-13-5-3-6-15(13)30-21(19)24-17/h4,7,9,14H,3,5-6,8,10-12H2,1-2H3,(H,22,26)(H,23,24,27). The Morgan fingerprint density at radius 3 is 3.03 bits per heavy atom. The molecule has 3 heterocycles. The molecule has 0 aromatic carbocycles. The number of nitrogens with zero attached hydrogens (tertiary/aromatic N) is 2. The van der Waals surface area contributed by atoms with Gasteiger partial charge in [-0.15, -0.1) is 22.7 Å². The van der Waals surface area contributed by atoms with Crippen LogP contribution in [-0.4, -0.2) is 47.2 Å². The van der Waals surface area contributed by atoms with Gasteiger partial charge in [0.05, 0.1) is 17.2 Å². The van der Waals surface area contributed by atoms with Crippen LogP contribution in [0.2, 0.25) is 0 Å². The zero-order chi connectivity index (χ0) is 21.1. The molecule has 3 aromatic rings. The number of fused-ring (bicyclic) bond motifs is 3. The summed E-state index contributed by atoms with van der Waals surface area (Å²) in [6, 6.07) is 4.33. The van der Waals surface area contributed by atoms with Crippen molar-refractivity contribution in [3.05, 3.63) is 49.0 Å². The molecule has 3 aromatic heterocycles. The number of nitrogens with one attached hydrogen (secondary N) is 2. The summed E-state index contributed by atoms with van der Waals surface area (Å²) in [6.07, 6.45) is 3.65. The Kier molecular flexibility index (Phi) is 6.92. The Hall–Kier alpha value is -1.68. The van der Waals surface area contributed by atoms with Crippen molar-refractivity contribution in [1.82, 2.24) is 20.2 Å². The summed E-state index contributed by atoms with van der Waals surface area (Å²) in [6.45, 7) is 0.603. The highest BCUT2D eigenvalue weighted by Gasteiger charge is 2.21. The third kappa shape index (κ3) is 4.80. The zero-order valence-electron chi connectivity index (χ0n) is 17.2. The second-order valence-corrected chi connectivity index (χ2v) is 10.8. The van der Waals surface area contributed by atoms with E-state index in [0.29, 0.717) is 30.3 Å². The second-order valence-electron chi connectivity index (χ2n) is 7.65. The molecule has 0 saturated heterocycles. The van der Waals surface area contributed by atoms with Crippen LogP contribution in [0.4, 0.5) is 0 Å². The number of hydrogen-bond donors (Lipinski definition) is 2. The van der Waals surface area contributed by atoms with Crippen molar-refractivity contribution >= 4 is 50.6 Å². The maximum atomic E-state index is 12.5. The fraction of sp³-hybridized carbons (Fsp3) is 0.476. The molecule has 0 saturated carbocycles. The second kappa shape index (κ2) is 9.64. The van der Waals surface area contributed by atoms with E-state index in [1.807, 2.05) is 20.2 Å². The van der Waals surface area contributed by atoms with Gasteiger partial charge in [0.25, 0.3) is 5.56 Å². The van der Waals surface area contributed by atoms with Crippen molar-refractivity contribution in [3.63, 3.8) is 0 Å². The molecule has 0 bridgehead atoms. The summed E-state index contributed by atoms with van der Waals surface area (Å²) in [5.41, 5.74) is 1.19. The lowest BCUT2D eigenvalue weighted by Gasteiger charge is -2.23. The van der Waals surface area contributed by atoms with Crippen molar-refractivity contribution < 1.29 is 4.79 Å². The van der Waals surface area contributed by atoms with Gasteiger partial charge in [0.2, 0.25) is 5.91 Å². The van der Waals surface area contributed by atoms with Crippen molar-refractivity contribution in [2.75, 3.05) is 26.4 Å². The maximum absolute atomic E-state index is 12.5. The summed E-state index contributed by atoms with van der Waals surface area (Å²) in [5.74, 6) is 2.05. The number of thioether (sulfide) groups is 1. The van der Waals surface area contributed by atoms with Gasteiger partial charge in [-0.3, -0.25) is 9.59 Å². The quantitative estimate of drug-likeness (QED) is 0.475. The van der Waals surface area contributed by atoms with Gasteiger partial charge in [0, 0.05) is 28.5 Å². The lowest BCUT2D eigenvalue weighted by Crippen LogP contribution is -2.34. The highest BCUT2D eigenvalue weighted by Crippen LogP contribution is 2.34. The average molecular weight is 463 g/mol. The summed E-state index contributed by atoms with van der Waals surface area (Å²) in [4.78, 5) is 37.9. The Labute approximate surface area is 188 Å². The molecule has 1 amide bonds. The number of carbonyl (C=O) groups is 1. The van der Waals surface area contributed by atoms with Gasteiger partial charge in [-0.2, -0.15) is 11.8 Å².